The molecule has 1 N–H and O–H groups in total. The molecule has 0 bridgehead atoms. The molecule has 0 aliphatic rings. The Bertz CT molecular complexity index is 838. The van der Waals surface area contributed by atoms with Crippen molar-refractivity contribution in [3.8, 4) is 0 Å². The van der Waals surface area contributed by atoms with Gasteiger partial charge < -0.3 is 14.6 Å². The van der Waals surface area contributed by atoms with E-state index in [2.05, 4.69) is 16.9 Å². The van der Waals surface area contributed by atoms with Gasteiger partial charge in [0.15, 0.2) is 5.13 Å². The van der Waals surface area contributed by atoms with Gasteiger partial charge in [0.1, 0.15) is 18.0 Å². The Morgan fingerprint density at radius 1 is 1.46 bits per heavy atom. The lowest BCUT2D eigenvalue weighted by molar-refractivity contribution is -0.116. The van der Waals surface area contributed by atoms with Gasteiger partial charge in [-0.25, -0.2) is 9.78 Å². The fraction of sp³-hybridized carbons (Fsp3) is 0.250. The zero-order chi connectivity index (χ0) is 17.7. The Labute approximate surface area is 142 Å². The number of nitrogens with zero attached hydrogens (tertiary/aromatic N) is 2. The Morgan fingerprint density at radius 3 is 2.88 bits per heavy atom. The van der Waals surface area contributed by atoms with Crippen LogP contribution in [-0.2, 0) is 16.1 Å². The predicted molar refractivity (Wildman–Crippen MR) is 91.4 cm³/mol. The monoisotopic (exact) mass is 347 g/mol. The summed E-state index contributed by atoms with van der Waals surface area (Å²) in [7, 11) is 0. The maximum atomic E-state index is 12.0. The van der Waals surface area contributed by atoms with Gasteiger partial charge in [0, 0.05) is 12.3 Å². The van der Waals surface area contributed by atoms with Crippen LogP contribution in [0.2, 0.25) is 0 Å². The second-order valence-corrected chi connectivity index (χ2v) is 6.04. The predicted octanol–water partition coefficient (Wildman–Crippen LogP) is 1.90. The average Bonchev–Trinajstić information content (AvgIpc) is 2.88. The van der Waals surface area contributed by atoms with Crippen LogP contribution in [0.4, 0.5) is 5.13 Å². The molecule has 1 amide bonds. The Morgan fingerprint density at radius 2 is 2.21 bits per heavy atom. The molecule has 0 aromatic carbocycles. The minimum atomic E-state index is -0.514. The van der Waals surface area contributed by atoms with Crippen LogP contribution in [-0.4, -0.2) is 28.0 Å². The lowest BCUT2D eigenvalue weighted by atomic mass is 10.3. The smallest absolute Gasteiger partial charge is 0.350 e. The molecular formula is C16H17N3O4S. The number of aryl methyl sites for hydroxylation is 2. The van der Waals surface area contributed by atoms with Crippen LogP contribution in [0.1, 0.15) is 20.9 Å². The maximum absolute atomic E-state index is 12.0. The quantitative estimate of drug-likeness (QED) is 0.637. The number of ether oxygens (including phenoxy) is 1. The van der Waals surface area contributed by atoms with Gasteiger partial charge in [-0.1, -0.05) is 24.0 Å². The number of hydrogen-bond donors (Lipinski definition) is 1. The van der Waals surface area contributed by atoms with E-state index in [1.807, 2.05) is 0 Å². The van der Waals surface area contributed by atoms with Crippen molar-refractivity contribution in [2.45, 2.75) is 20.4 Å². The van der Waals surface area contributed by atoms with E-state index in [9.17, 15) is 14.4 Å². The molecule has 0 aliphatic heterocycles. The summed E-state index contributed by atoms with van der Waals surface area (Å²) >= 11 is 1.02. The Kier molecular flexibility index (Phi) is 5.64. The molecule has 0 aliphatic carbocycles. The SMILES string of the molecule is C=CCOC(=O)c1sc(NC(=O)Cn2ccc(C)cc2=O)nc1C. The Balaban J connectivity index is 2.05. The van der Waals surface area contributed by atoms with E-state index < -0.39 is 11.9 Å². The second kappa shape index (κ2) is 7.69. The highest BCUT2D eigenvalue weighted by Gasteiger charge is 2.17. The maximum Gasteiger partial charge on any atom is 0.350 e. The number of hydrogen-bond acceptors (Lipinski definition) is 6. The number of amides is 1. The summed E-state index contributed by atoms with van der Waals surface area (Å²) in [6.45, 7) is 6.90. The third-order valence-corrected chi connectivity index (χ3v) is 4.08. The van der Waals surface area contributed by atoms with Crippen LogP contribution in [0.25, 0.3) is 0 Å². The molecule has 2 heterocycles. The summed E-state index contributed by atoms with van der Waals surface area (Å²) in [6.07, 6.45) is 3.03. The number of carbonyl (C=O) groups excluding carboxylic acids is 2. The Hall–Kier alpha value is -2.74. The summed E-state index contributed by atoms with van der Waals surface area (Å²) in [5, 5.41) is 2.87. The van der Waals surface area contributed by atoms with Crippen LogP contribution >= 0.6 is 11.3 Å². The van der Waals surface area contributed by atoms with Crippen molar-refractivity contribution in [2.75, 3.05) is 11.9 Å². The number of pyridine rings is 1. The minimum absolute atomic E-state index is 0.105. The van der Waals surface area contributed by atoms with Gasteiger partial charge in [-0.15, -0.1) is 0 Å². The number of carbonyl (C=O) groups is 2. The first-order valence-electron chi connectivity index (χ1n) is 7.13. The molecule has 0 saturated carbocycles. The first-order valence-corrected chi connectivity index (χ1v) is 7.94. The molecule has 126 valence electrons. The number of nitrogens with one attached hydrogen (secondary N) is 1. The van der Waals surface area contributed by atoms with Crippen LogP contribution in [0.3, 0.4) is 0 Å². The highest BCUT2D eigenvalue weighted by atomic mass is 32.1. The largest absolute Gasteiger partial charge is 0.457 e. The van der Waals surface area contributed by atoms with Crippen molar-refractivity contribution in [3.63, 3.8) is 0 Å². The van der Waals surface area contributed by atoms with Crippen LogP contribution < -0.4 is 10.9 Å². The molecule has 7 nitrogen and oxygen atoms in total. The van der Waals surface area contributed by atoms with E-state index in [-0.39, 0.29) is 23.8 Å². The van der Waals surface area contributed by atoms with Crippen LogP contribution in [0, 0.1) is 13.8 Å². The van der Waals surface area contributed by atoms with Gasteiger partial charge >= 0.3 is 5.97 Å². The molecule has 0 fully saturated rings. The van der Waals surface area contributed by atoms with E-state index in [4.69, 9.17) is 4.74 Å². The molecule has 8 heteroatoms. The molecule has 0 radical (unpaired) electrons. The van der Waals surface area contributed by atoms with Crippen molar-refractivity contribution < 1.29 is 14.3 Å². The van der Waals surface area contributed by atoms with Crippen LogP contribution in [0.5, 0.6) is 0 Å². The van der Waals surface area contributed by atoms with Crippen molar-refractivity contribution >= 4 is 28.3 Å². The third kappa shape index (κ3) is 4.39. The molecule has 0 atom stereocenters. The highest BCUT2D eigenvalue weighted by Crippen LogP contribution is 2.23. The molecule has 2 aromatic heterocycles. The van der Waals surface area contributed by atoms with Gasteiger partial charge in [-0.3, -0.25) is 9.59 Å². The van der Waals surface area contributed by atoms with E-state index in [1.165, 1.54) is 16.7 Å². The number of anilines is 1. The molecule has 0 unspecified atom stereocenters. The number of rotatable bonds is 6. The topological polar surface area (TPSA) is 90.3 Å². The van der Waals surface area contributed by atoms with Crippen molar-refractivity contribution in [3.05, 3.63) is 57.5 Å². The zero-order valence-corrected chi connectivity index (χ0v) is 14.2. The zero-order valence-electron chi connectivity index (χ0n) is 13.4. The standard InChI is InChI=1S/C16H17N3O4S/c1-4-7-23-15(22)14-11(3)17-16(24-14)18-12(20)9-19-6-5-10(2)8-13(19)21/h4-6,8H,1,7,9H2,2-3H3,(H,17,18,20). The number of esters is 1. The average molecular weight is 347 g/mol. The fourth-order valence-electron chi connectivity index (χ4n) is 1.89. The number of aromatic nitrogens is 2. The number of thiazole rings is 1. The highest BCUT2D eigenvalue weighted by molar-refractivity contribution is 7.17. The summed E-state index contributed by atoms with van der Waals surface area (Å²) in [5.41, 5.74) is 1.04. The van der Waals surface area contributed by atoms with Crippen molar-refractivity contribution in [2.24, 2.45) is 0 Å². The van der Waals surface area contributed by atoms with Crippen molar-refractivity contribution in [1.29, 1.82) is 0 Å². The third-order valence-electron chi connectivity index (χ3n) is 3.03. The molecule has 24 heavy (non-hydrogen) atoms. The summed E-state index contributed by atoms with van der Waals surface area (Å²) in [4.78, 5) is 40.1. The van der Waals surface area contributed by atoms with Gasteiger partial charge in [0.25, 0.3) is 5.56 Å². The molecular weight excluding hydrogens is 330 g/mol. The van der Waals surface area contributed by atoms with E-state index in [1.54, 1.807) is 26.1 Å². The summed E-state index contributed by atoms with van der Waals surface area (Å²) in [5.74, 6) is -0.916. The first kappa shape index (κ1) is 17.6. The van der Waals surface area contributed by atoms with Gasteiger partial charge in [-0.05, 0) is 25.5 Å². The summed E-state index contributed by atoms with van der Waals surface area (Å²) in [6, 6.07) is 3.20. The van der Waals surface area contributed by atoms with Crippen molar-refractivity contribution in [1.82, 2.24) is 9.55 Å². The molecule has 2 rings (SSSR count). The van der Waals surface area contributed by atoms with Crippen LogP contribution in [0.15, 0.2) is 35.8 Å². The van der Waals surface area contributed by atoms with Gasteiger partial charge in [-0.2, -0.15) is 0 Å². The molecule has 0 saturated heterocycles. The molecule has 0 spiro atoms. The minimum Gasteiger partial charge on any atom is -0.457 e. The van der Waals surface area contributed by atoms with Gasteiger partial charge in [0.2, 0.25) is 5.91 Å². The second-order valence-electron chi connectivity index (χ2n) is 5.04. The first-order chi connectivity index (χ1) is 11.4. The van der Waals surface area contributed by atoms with E-state index in [0.717, 1.165) is 16.9 Å². The summed E-state index contributed by atoms with van der Waals surface area (Å²) < 4.78 is 6.25. The normalized spacial score (nSPS) is 10.2. The van der Waals surface area contributed by atoms with Gasteiger partial charge in [0.05, 0.1) is 5.69 Å². The van der Waals surface area contributed by atoms with E-state index >= 15 is 0 Å². The fourth-order valence-corrected chi connectivity index (χ4v) is 2.77. The van der Waals surface area contributed by atoms with E-state index in [0.29, 0.717) is 10.6 Å². The lowest BCUT2D eigenvalue weighted by Crippen LogP contribution is -2.26. The lowest BCUT2D eigenvalue weighted by Gasteiger charge is -2.05. The molecule has 2 aromatic rings.